The summed E-state index contributed by atoms with van der Waals surface area (Å²) >= 11 is 0. The van der Waals surface area contributed by atoms with E-state index < -0.39 is 26.9 Å². The summed E-state index contributed by atoms with van der Waals surface area (Å²) in [5.74, 6) is -0.434. The van der Waals surface area contributed by atoms with Gasteiger partial charge in [-0.1, -0.05) is 18.2 Å². The van der Waals surface area contributed by atoms with Crippen molar-refractivity contribution in [2.75, 3.05) is 11.4 Å². The molecule has 2 aromatic rings. The number of rotatable bonds is 4. The van der Waals surface area contributed by atoms with E-state index in [1.165, 1.54) is 24.3 Å². The van der Waals surface area contributed by atoms with Crippen LogP contribution in [0.1, 0.15) is 32.1 Å². The second kappa shape index (κ2) is 7.85. The molecule has 1 amide bonds. The maximum absolute atomic E-state index is 13.2. The van der Waals surface area contributed by atoms with Gasteiger partial charge in [0.05, 0.1) is 15.6 Å². The van der Waals surface area contributed by atoms with Crippen LogP contribution in [-0.2, 0) is 14.6 Å². The summed E-state index contributed by atoms with van der Waals surface area (Å²) in [6.45, 7) is 0.453. The van der Waals surface area contributed by atoms with Crippen LogP contribution in [0.4, 0.5) is 18.9 Å². The lowest BCUT2D eigenvalue weighted by Gasteiger charge is -2.35. The van der Waals surface area contributed by atoms with E-state index in [-0.39, 0.29) is 11.7 Å². The molecule has 1 aliphatic heterocycles. The first-order valence-electron chi connectivity index (χ1n) is 10.1. The van der Waals surface area contributed by atoms with Gasteiger partial charge in [-0.15, -0.1) is 13.2 Å². The summed E-state index contributed by atoms with van der Waals surface area (Å²) in [5.41, 5.74) is -0.0976. The SMILES string of the molecule is O=C1N(c2ccc(OC(F)(F)F)cc2)CCC12CCC(S(=O)(=O)c1ccccc1)CC2. The summed E-state index contributed by atoms with van der Waals surface area (Å²) in [4.78, 5) is 15.1. The van der Waals surface area contributed by atoms with Crippen molar-refractivity contribution < 1.29 is 31.1 Å². The van der Waals surface area contributed by atoms with Crippen LogP contribution in [0.2, 0.25) is 0 Å². The van der Waals surface area contributed by atoms with E-state index >= 15 is 0 Å². The molecule has 0 atom stereocenters. The summed E-state index contributed by atoms with van der Waals surface area (Å²) in [7, 11) is -3.44. The average Bonchev–Trinajstić information content (AvgIpc) is 3.04. The number of carbonyl (C=O) groups is 1. The number of carbonyl (C=O) groups excluding carboxylic acids is 1. The van der Waals surface area contributed by atoms with Crippen LogP contribution in [0.5, 0.6) is 5.75 Å². The molecule has 1 saturated carbocycles. The van der Waals surface area contributed by atoms with Crippen molar-refractivity contribution in [2.24, 2.45) is 5.41 Å². The fourth-order valence-corrected chi connectivity index (χ4v) is 6.39. The molecule has 9 heteroatoms. The number of nitrogens with zero attached hydrogens (tertiary/aromatic N) is 1. The molecule has 1 aliphatic carbocycles. The molecule has 166 valence electrons. The highest BCUT2D eigenvalue weighted by Crippen LogP contribution is 2.48. The Bertz CT molecular complexity index is 1040. The number of hydrogen-bond donors (Lipinski definition) is 0. The van der Waals surface area contributed by atoms with Gasteiger partial charge in [0.2, 0.25) is 5.91 Å². The standard InChI is InChI=1S/C22H22F3NO4S/c23-22(24,25)30-17-8-6-16(7-9-17)26-15-14-21(20(26)27)12-10-19(11-13-21)31(28,29)18-4-2-1-3-5-18/h1-9,19H,10-15H2. The van der Waals surface area contributed by atoms with E-state index in [9.17, 15) is 26.4 Å². The van der Waals surface area contributed by atoms with Crippen LogP contribution in [0, 0.1) is 5.41 Å². The number of amides is 1. The second-order valence-corrected chi connectivity index (χ2v) is 10.3. The van der Waals surface area contributed by atoms with Crippen LogP contribution < -0.4 is 9.64 Å². The van der Waals surface area contributed by atoms with Crippen LogP contribution in [-0.4, -0.2) is 32.5 Å². The Morgan fingerprint density at radius 3 is 2.13 bits per heavy atom. The lowest BCUT2D eigenvalue weighted by Crippen LogP contribution is -2.40. The topological polar surface area (TPSA) is 63.7 Å². The highest BCUT2D eigenvalue weighted by Gasteiger charge is 2.50. The molecule has 1 heterocycles. The second-order valence-electron chi connectivity index (χ2n) is 8.09. The Kier molecular flexibility index (Phi) is 5.49. The lowest BCUT2D eigenvalue weighted by atomic mass is 9.73. The molecule has 1 saturated heterocycles. The Morgan fingerprint density at radius 1 is 0.935 bits per heavy atom. The number of benzene rings is 2. The number of sulfone groups is 1. The molecule has 1 spiro atoms. The summed E-state index contributed by atoms with van der Waals surface area (Å²) < 4.78 is 66.7. The molecule has 0 N–H and O–H groups in total. The van der Waals surface area contributed by atoms with Crippen LogP contribution in [0.25, 0.3) is 0 Å². The first kappa shape index (κ1) is 21.7. The highest BCUT2D eigenvalue weighted by molar-refractivity contribution is 7.92. The Hall–Kier alpha value is -2.55. The third kappa shape index (κ3) is 4.28. The molecule has 2 aromatic carbocycles. The number of halogens is 3. The van der Waals surface area contributed by atoms with Crippen molar-refractivity contribution in [3.63, 3.8) is 0 Å². The van der Waals surface area contributed by atoms with Crippen LogP contribution in [0.3, 0.4) is 0 Å². The fourth-order valence-electron chi connectivity index (χ4n) is 4.62. The summed E-state index contributed by atoms with van der Waals surface area (Å²) in [6.07, 6.45) is -2.38. The van der Waals surface area contributed by atoms with Gasteiger partial charge >= 0.3 is 6.36 Å². The van der Waals surface area contributed by atoms with Gasteiger partial charge in [-0.2, -0.15) is 0 Å². The molecule has 0 unspecified atom stereocenters. The molecule has 2 aliphatic rings. The van der Waals surface area contributed by atoms with E-state index in [1.54, 1.807) is 35.2 Å². The molecule has 31 heavy (non-hydrogen) atoms. The quantitative estimate of drug-likeness (QED) is 0.672. The zero-order chi connectivity index (χ0) is 22.3. The summed E-state index contributed by atoms with van der Waals surface area (Å²) in [6, 6.07) is 13.6. The maximum atomic E-state index is 13.2. The smallest absolute Gasteiger partial charge is 0.406 e. The normalized spacial score (nSPS) is 24.5. The third-order valence-electron chi connectivity index (χ3n) is 6.30. The van der Waals surface area contributed by atoms with Crippen molar-refractivity contribution in [1.29, 1.82) is 0 Å². The number of ether oxygens (including phenoxy) is 1. The van der Waals surface area contributed by atoms with Crippen molar-refractivity contribution in [1.82, 2.24) is 0 Å². The molecule has 5 nitrogen and oxygen atoms in total. The van der Waals surface area contributed by atoms with Gasteiger partial charge in [-0.25, -0.2) is 8.42 Å². The zero-order valence-corrected chi connectivity index (χ0v) is 17.5. The molecule has 0 radical (unpaired) electrons. The Labute approximate surface area is 178 Å². The fraction of sp³-hybridized carbons (Fsp3) is 0.409. The van der Waals surface area contributed by atoms with Crippen LogP contribution >= 0.6 is 0 Å². The highest BCUT2D eigenvalue weighted by atomic mass is 32.2. The average molecular weight is 453 g/mol. The zero-order valence-electron chi connectivity index (χ0n) is 16.6. The predicted molar refractivity (Wildman–Crippen MR) is 108 cm³/mol. The summed E-state index contributed by atoms with van der Waals surface area (Å²) in [5, 5.41) is -0.513. The minimum atomic E-state index is -4.77. The number of hydrogen-bond acceptors (Lipinski definition) is 4. The van der Waals surface area contributed by atoms with Gasteiger partial charge in [0.15, 0.2) is 9.84 Å². The lowest BCUT2D eigenvalue weighted by molar-refractivity contribution is -0.274. The largest absolute Gasteiger partial charge is 0.573 e. The van der Waals surface area contributed by atoms with Crippen molar-refractivity contribution in [3.05, 3.63) is 54.6 Å². The first-order chi connectivity index (χ1) is 14.6. The monoisotopic (exact) mass is 453 g/mol. The number of anilines is 1. The molecule has 2 fully saturated rings. The molecule has 0 aromatic heterocycles. The number of alkyl halides is 3. The van der Waals surface area contributed by atoms with Crippen molar-refractivity contribution in [2.45, 2.75) is 48.6 Å². The van der Waals surface area contributed by atoms with Gasteiger partial charge in [0.1, 0.15) is 5.75 Å². The Balaban J connectivity index is 1.44. The molecule has 4 rings (SSSR count). The molecular weight excluding hydrogens is 431 g/mol. The van der Waals surface area contributed by atoms with Gasteiger partial charge in [-0.3, -0.25) is 4.79 Å². The molecular formula is C22H22F3NO4S. The van der Waals surface area contributed by atoms with E-state index in [0.29, 0.717) is 49.2 Å². The minimum Gasteiger partial charge on any atom is -0.406 e. The van der Waals surface area contributed by atoms with Crippen LogP contribution in [0.15, 0.2) is 59.5 Å². The van der Waals surface area contributed by atoms with E-state index in [0.717, 1.165) is 0 Å². The van der Waals surface area contributed by atoms with E-state index in [4.69, 9.17) is 0 Å². The van der Waals surface area contributed by atoms with Gasteiger partial charge in [-0.05, 0) is 68.5 Å². The van der Waals surface area contributed by atoms with E-state index in [2.05, 4.69) is 4.74 Å². The maximum Gasteiger partial charge on any atom is 0.573 e. The van der Waals surface area contributed by atoms with Gasteiger partial charge in [0, 0.05) is 12.2 Å². The first-order valence-corrected chi connectivity index (χ1v) is 11.6. The molecule has 0 bridgehead atoms. The predicted octanol–water partition coefficient (Wildman–Crippen LogP) is 4.72. The third-order valence-corrected chi connectivity index (χ3v) is 8.57. The van der Waals surface area contributed by atoms with Crippen molar-refractivity contribution >= 4 is 21.4 Å². The van der Waals surface area contributed by atoms with E-state index in [1.807, 2.05) is 0 Å². The van der Waals surface area contributed by atoms with Crippen molar-refractivity contribution in [3.8, 4) is 5.75 Å². The Morgan fingerprint density at radius 2 is 1.55 bits per heavy atom. The van der Waals surface area contributed by atoms with Gasteiger partial charge < -0.3 is 9.64 Å². The minimum absolute atomic E-state index is 0.0902. The van der Waals surface area contributed by atoms with Gasteiger partial charge in [0.25, 0.3) is 0 Å².